The Morgan fingerprint density at radius 2 is 1.21 bits per heavy atom. The third-order valence-corrected chi connectivity index (χ3v) is 6.25. The first-order valence-electron chi connectivity index (χ1n) is 8.07. The van der Waals surface area contributed by atoms with Crippen molar-refractivity contribution in [3.63, 3.8) is 0 Å². The molecule has 24 heavy (non-hydrogen) atoms. The quantitative estimate of drug-likeness (QED) is 0.643. The zero-order valence-electron chi connectivity index (χ0n) is 12.8. The Morgan fingerprint density at radius 1 is 0.667 bits per heavy atom. The van der Waals surface area contributed by atoms with Crippen molar-refractivity contribution in [3.8, 4) is 0 Å². The van der Waals surface area contributed by atoms with Crippen LogP contribution >= 0.6 is 11.3 Å². The first kappa shape index (κ1) is 13.9. The normalized spacial score (nSPS) is 24.4. The van der Waals surface area contributed by atoms with Crippen molar-refractivity contribution in [2.24, 2.45) is 0 Å². The summed E-state index contributed by atoms with van der Waals surface area (Å²) in [5.41, 5.74) is 3.19. The number of Topliss-reactive ketones (excluding diaryl/α,β-unsaturated/α-hetero) is 2. The molecule has 2 atom stereocenters. The van der Waals surface area contributed by atoms with E-state index >= 15 is 0 Å². The summed E-state index contributed by atoms with van der Waals surface area (Å²) in [5.74, 6) is -0.343. The van der Waals surface area contributed by atoms with Crippen LogP contribution in [0, 0.1) is 0 Å². The van der Waals surface area contributed by atoms with Gasteiger partial charge in [0.15, 0.2) is 11.6 Å². The van der Waals surface area contributed by atoms with Crippen LogP contribution in [0.2, 0.25) is 0 Å². The van der Waals surface area contributed by atoms with Gasteiger partial charge in [-0.1, -0.05) is 54.6 Å². The molecule has 0 spiro atoms. The van der Waals surface area contributed by atoms with E-state index in [9.17, 15) is 9.59 Å². The van der Waals surface area contributed by atoms with Gasteiger partial charge < -0.3 is 0 Å². The summed E-state index contributed by atoms with van der Waals surface area (Å²) >= 11 is 1.64. The molecule has 0 saturated carbocycles. The minimum atomic E-state index is -0.266. The summed E-state index contributed by atoms with van der Waals surface area (Å²) in [6, 6.07) is 19.3. The van der Waals surface area contributed by atoms with Crippen molar-refractivity contribution in [1.82, 2.24) is 0 Å². The van der Waals surface area contributed by atoms with Crippen molar-refractivity contribution < 1.29 is 9.59 Å². The third kappa shape index (κ3) is 1.70. The average Bonchev–Trinajstić information content (AvgIpc) is 3.15. The molecule has 0 amide bonds. The third-order valence-electron chi connectivity index (χ3n) is 5.28. The van der Waals surface area contributed by atoms with Gasteiger partial charge in [-0.15, -0.1) is 11.3 Å². The second kappa shape index (κ2) is 4.99. The molecular weight excluding hydrogens is 316 g/mol. The summed E-state index contributed by atoms with van der Waals surface area (Å²) in [4.78, 5) is 27.7. The highest BCUT2D eigenvalue weighted by molar-refractivity contribution is 7.10. The van der Waals surface area contributed by atoms with Gasteiger partial charge in [-0.3, -0.25) is 9.59 Å². The van der Waals surface area contributed by atoms with Crippen molar-refractivity contribution in [2.75, 3.05) is 0 Å². The minimum absolute atomic E-state index is 0.0881. The molecule has 3 aromatic rings. The van der Waals surface area contributed by atoms with Crippen LogP contribution in [-0.4, -0.2) is 11.6 Å². The van der Waals surface area contributed by atoms with Crippen molar-refractivity contribution >= 4 is 22.9 Å². The zero-order chi connectivity index (χ0) is 16.3. The van der Waals surface area contributed by atoms with Crippen molar-refractivity contribution in [3.05, 3.63) is 93.2 Å². The van der Waals surface area contributed by atoms with Crippen LogP contribution in [0.15, 0.2) is 66.0 Å². The fourth-order valence-corrected chi connectivity index (χ4v) is 5.22. The number of ketones is 2. The molecule has 2 bridgehead atoms. The van der Waals surface area contributed by atoms with Gasteiger partial charge in [-0.25, -0.2) is 0 Å². The minimum Gasteiger partial charge on any atom is -0.293 e. The van der Waals surface area contributed by atoms with Gasteiger partial charge in [0.2, 0.25) is 0 Å². The first-order chi connectivity index (χ1) is 11.8. The summed E-state index contributed by atoms with van der Waals surface area (Å²) in [6.45, 7) is 0. The molecule has 1 heterocycles. The molecule has 2 aromatic carbocycles. The Hall–Kier alpha value is -2.52. The molecule has 0 radical (unpaired) electrons. The van der Waals surface area contributed by atoms with Crippen LogP contribution in [0.5, 0.6) is 0 Å². The van der Waals surface area contributed by atoms with Crippen LogP contribution in [0.4, 0.5) is 0 Å². The SMILES string of the molecule is O=C1c2ccccc2C2C(=O)c3ccccc3C1C2c1cccs1. The van der Waals surface area contributed by atoms with Gasteiger partial charge in [0.05, 0.1) is 11.8 Å². The van der Waals surface area contributed by atoms with E-state index in [1.807, 2.05) is 60.0 Å². The number of rotatable bonds is 1. The molecule has 0 saturated heterocycles. The lowest BCUT2D eigenvalue weighted by atomic mass is 9.59. The summed E-state index contributed by atoms with van der Waals surface area (Å²) < 4.78 is 0. The molecule has 2 aliphatic rings. The van der Waals surface area contributed by atoms with Crippen LogP contribution in [-0.2, 0) is 0 Å². The van der Waals surface area contributed by atoms with Gasteiger partial charge in [0, 0.05) is 21.9 Å². The molecule has 3 heteroatoms. The maximum atomic E-state index is 13.3. The van der Waals surface area contributed by atoms with E-state index in [0.29, 0.717) is 11.1 Å². The van der Waals surface area contributed by atoms with Crippen molar-refractivity contribution in [1.29, 1.82) is 0 Å². The number of benzene rings is 2. The largest absolute Gasteiger partial charge is 0.293 e. The number of fused-ring (bicyclic) bond motifs is 6. The molecule has 2 nitrogen and oxygen atoms in total. The van der Waals surface area contributed by atoms with Gasteiger partial charge in [0.1, 0.15) is 0 Å². The second-order valence-corrected chi connectivity index (χ2v) is 7.38. The number of carbonyl (C=O) groups is 2. The standard InChI is InChI=1S/C21H14O2S/c22-20-14-8-3-1-6-12(14)17-19(16-10-5-11-24-16)18(20)13-7-2-4-9-15(13)21(17)23/h1-11,17-19H. The van der Waals surface area contributed by atoms with E-state index in [1.165, 1.54) is 0 Å². The molecule has 0 N–H and O–H groups in total. The predicted molar refractivity (Wildman–Crippen MR) is 94.1 cm³/mol. The number of thiophene rings is 1. The smallest absolute Gasteiger partial charge is 0.171 e. The maximum absolute atomic E-state index is 13.3. The second-order valence-electron chi connectivity index (χ2n) is 6.40. The monoisotopic (exact) mass is 330 g/mol. The van der Waals surface area contributed by atoms with E-state index in [0.717, 1.165) is 16.0 Å². The van der Waals surface area contributed by atoms with E-state index in [1.54, 1.807) is 11.3 Å². The molecule has 5 rings (SSSR count). The molecule has 2 aliphatic carbocycles. The summed E-state index contributed by atoms with van der Waals surface area (Å²) in [6.07, 6.45) is 0. The maximum Gasteiger partial charge on any atom is 0.171 e. The van der Waals surface area contributed by atoms with Gasteiger partial charge in [0.25, 0.3) is 0 Å². The predicted octanol–water partition coefficient (Wildman–Crippen LogP) is 4.79. The number of hydrogen-bond acceptors (Lipinski definition) is 3. The van der Waals surface area contributed by atoms with Gasteiger partial charge in [-0.2, -0.15) is 0 Å². The van der Waals surface area contributed by atoms with Crippen LogP contribution in [0.1, 0.15) is 54.5 Å². The topological polar surface area (TPSA) is 34.1 Å². The lowest BCUT2D eigenvalue weighted by Crippen LogP contribution is -2.40. The van der Waals surface area contributed by atoms with E-state index in [2.05, 4.69) is 6.07 Å². The first-order valence-corrected chi connectivity index (χ1v) is 8.95. The number of carbonyl (C=O) groups excluding carboxylic acids is 2. The highest BCUT2D eigenvalue weighted by atomic mass is 32.1. The molecule has 116 valence electrons. The van der Waals surface area contributed by atoms with E-state index in [-0.39, 0.29) is 29.3 Å². The molecule has 0 fully saturated rings. The fourth-order valence-electron chi connectivity index (χ4n) is 4.32. The highest BCUT2D eigenvalue weighted by Gasteiger charge is 2.51. The Labute approximate surface area is 143 Å². The lowest BCUT2D eigenvalue weighted by molar-refractivity contribution is 0.0853. The zero-order valence-corrected chi connectivity index (χ0v) is 13.6. The molecule has 1 aromatic heterocycles. The van der Waals surface area contributed by atoms with Gasteiger partial charge in [-0.05, 0) is 22.6 Å². The molecular formula is C21H14O2S. The Morgan fingerprint density at radius 3 is 1.71 bits per heavy atom. The lowest BCUT2D eigenvalue weighted by Gasteiger charge is -2.42. The van der Waals surface area contributed by atoms with Crippen LogP contribution < -0.4 is 0 Å². The molecule has 2 unspecified atom stereocenters. The average molecular weight is 330 g/mol. The van der Waals surface area contributed by atoms with E-state index < -0.39 is 0 Å². The van der Waals surface area contributed by atoms with E-state index in [4.69, 9.17) is 0 Å². The van der Waals surface area contributed by atoms with Crippen LogP contribution in [0.25, 0.3) is 0 Å². The van der Waals surface area contributed by atoms with Gasteiger partial charge >= 0.3 is 0 Å². The van der Waals surface area contributed by atoms with Crippen LogP contribution in [0.3, 0.4) is 0 Å². The fraction of sp³-hybridized carbons (Fsp3) is 0.143. The Bertz CT molecular complexity index is 908. The Kier molecular flexibility index (Phi) is 2.88. The summed E-state index contributed by atoms with van der Waals surface area (Å²) in [7, 11) is 0. The highest BCUT2D eigenvalue weighted by Crippen LogP contribution is 2.55. The number of hydrogen-bond donors (Lipinski definition) is 0. The molecule has 0 aliphatic heterocycles. The summed E-state index contributed by atoms with van der Waals surface area (Å²) in [5, 5.41) is 2.02. The Balaban J connectivity index is 1.85. The van der Waals surface area contributed by atoms with Crippen molar-refractivity contribution in [2.45, 2.75) is 17.8 Å².